The van der Waals surface area contributed by atoms with Crippen LogP contribution in [0.15, 0.2) is 24.5 Å². The molecular formula is C24H29FN8O2. The Balaban J connectivity index is 1.31. The summed E-state index contributed by atoms with van der Waals surface area (Å²) in [5.74, 6) is 0.647. The number of halogens is 1. The first-order valence-electron chi connectivity index (χ1n) is 12.1. The van der Waals surface area contributed by atoms with E-state index in [9.17, 15) is 4.39 Å². The molecular weight excluding hydrogens is 451 g/mol. The number of hydrogen-bond donors (Lipinski definition) is 1. The second kappa shape index (κ2) is 8.63. The molecule has 2 fully saturated rings. The molecule has 0 bridgehead atoms. The first-order chi connectivity index (χ1) is 17.0. The topological polar surface area (TPSA) is 109 Å². The van der Waals surface area contributed by atoms with Gasteiger partial charge in [-0.3, -0.25) is 4.68 Å². The highest BCUT2D eigenvalue weighted by Crippen LogP contribution is 2.34. The summed E-state index contributed by atoms with van der Waals surface area (Å²) in [7, 11) is 1.42. The Morgan fingerprint density at radius 2 is 1.97 bits per heavy atom. The number of piperidine rings is 1. The lowest BCUT2D eigenvalue weighted by atomic mass is 9.92. The zero-order chi connectivity index (χ0) is 24.1. The summed E-state index contributed by atoms with van der Waals surface area (Å²) < 4.78 is 28.6. The van der Waals surface area contributed by atoms with Gasteiger partial charge in [-0.15, -0.1) is 5.10 Å². The number of ether oxygens (including phenoxy) is 2. The van der Waals surface area contributed by atoms with Gasteiger partial charge >= 0.3 is 0 Å². The third-order valence-electron chi connectivity index (χ3n) is 7.32. The predicted molar refractivity (Wildman–Crippen MR) is 129 cm³/mol. The highest BCUT2D eigenvalue weighted by Gasteiger charge is 2.31. The fraction of sp³-hybridized carbons (Fsp3) is 0.500. The van der Waals surface area contributed by atoms with Crippen LogP contribution in [0.1, 0.15) is 50.4 Å². The molecule has 0 spiro atoms. The summed E-state index contributed by atoms with van der Waals surface area (Å²) >= 11 is 0. The molecule has 11 heteroatoms. The minimum absolute atomic E-state index is 0.107. The molecule has 3 aromatic heterocycles. The van der Waals surface area contributed by atoms with E-state index in [1.165, 1.54) is 23.8 Å². The Hall–Kier alpha value is -3.47. The van der Waals surface area contributed by atoms with Crippen LogP contribution in [-0.4, -0.2) is 62.3 Å². The number of anilines is 2. The molecule has 6 rings (SSSR count). The van der Waals surface area contributed by atoms with Crippen molar-refractivity contribution in [3.63, 3.8) is 0 Å². The monoisotopic (exact) mass is 480 g/mol. The van der Waals surface area contributed by atoms with Gasteiger partial charge in [0, 0.05) is 49.4 Å². The van der Waals surface area contributed by atoms with Gasteiger partial charge in [-0.05, 0) is 38.7 Å². The Labute approximate surface area is 201 Å². The molecule has 2 unspecified atom stereocenters. The molecule has 0 saturated carbocycles. The maximum Gasteiger partial charge on any atom is 0.223 e. The van der Waals surface area contributed by atoms with Crippen molar-refractivity contribution in [2.75, 3.05) is 37.5 Å². The maximum absolute atomic E-state index is 14.5. The van der Waals surface area contributed by atoms with Crippen LogP contribution >= 0.6 is 0 Å². The van der Waals surface area contributed by atoms with Crippen LogP contribution in [0.2, 0.25) is 0 Å². The second-order valence-electron chi connectivity index (χ2n) is 9.48. The van der Waals surface area contributed by atoms with Crippen molar-refractivity contribution < 1.29 is 13.9 Å². The molecule has 184 valence electrons. The number of hydrogen-bond acceptors (Lipinski definition) is 8. The predicted octanol–water partition coefficient (Wildman–Crippen LogP) is 3.33. The number of nitrogens with two attached hydrogens (primary N) is 1. The van der Waals surface area contributed by atoms with Crippen molar-refractivity contribution in [3.8, 4) is 5.75 Å². The number of fused-ring (bicyclic) bond motifs is 3. The molecule has 35 heavy (non-hydrogen) atoms. The van der Waals surface area contributed by atoms with Crippen molar-refractivity contribution in [2.45, 2.75) is 50.6 Å². The van der Waals surface area contributed by atoms with Crippen LogP contribution < -0.4 is 15.4 Å². The summed E-state index contributed by atoms with van der Waals surface area (Å²) in [5, 5.41) is 9.91. The molecule has 0 radical (unpaired) electrons. The van der Waals surface area contributed by atoms with E-state index in [1.807, 2.05) is 6.20 Å². The van der Waals surface area contributed by atoms with Gasteiger partial charge < -0.3 is 20.1 Å². The second-order valence-corrected chi connectivity index (χ2v) is 9.48. The minimum Gasteiger partial charge on any atom is -0.494 e. The zero-order valence-electron chi connectivity index (χ0n) is 19.9. The lowest BCUT2D eigenvalue weighted by molar-refractivity contribution is 0.0662. The fourth-order valence-corrected chi connectivity index (χ4v) is 5.28. The average molecular weight is 481 g/mol. The van der Waals surface area contributed by atoms with E-state index in [0.717, 1.165) is 51.1 Å². The molecule has 2 saturated heterocycles. The van der Waals surface area contributed by atoms with Crippen molar-refractivity contribution in [1.82, 2.24) is 29.4 Å². The number of aromatic nitrogens is 6. The number of methoxy groups -OCH3 is 1. The van der Waals surface area contributed by atoms with Crippen LogP contribution in [0.25, 0.3) is 16.6 Å². The molecule has 2 N–H and O–H groups in total. The van der Waals surface area contributed by atoms with E-state index < -0.39 is 5.82 Å². The third kappa shape index (κ3) is 3.83. The van der Waals surface area contributed by atoms with Crippen LogP contribution in [0.3, 0.4) is 0 Å². The molecule has 2 aliphatic rings. The van der Waals surface area contributed by atoms with Gasteiger partial charge in [-0.1, -0.05) is 0 Å². The molecule has 0 aliphatic carbocycles. The summed E-state index contributed by atoms with van der Waals surface area (Å²) in [6, 6.07) is 3.69. The molecule has 1 aromatic carbocycles. The van der Waals surface area contributed by atoms with Crippen LogP contribution in [0, 0.1) is 5.82 Å². The highest BCUT2D eigenvalue weighted by molar-refractivity contribution is 5.93. The largest absolute Gasteiger partial charge is 0.494 e. The number of benzene rings is 1. The number of nitrogen functional groups attached to an aromatic ring is 1. The van der Waals surface area contributed by atoms with Gasteiger partial charge in [0.25, 0.3) is 0 Å². The van der Waals surface area contributed by atoms with Crippen molar-refractivity contribution >= 4 is 28.2 Å². The summed E-state index contributed by atoms with van der Waals surface area (Å²) in [4.78, 5) is 11.6. The third-order valence-corrected chi connectivity index (χ3v) is 7.32. The maximum atomic E-state index is 14.5. The quantitative estimate of drug-likeness (QED) is 0.474. The summed E-state index contributed by atoms with van der Waals surface area (Å²) in [6.45, 7) is 4.57. The lowest BCUT2D eigenvalue weighted by Crippen LogP contribution is -2.41. The molecule has 10 nitrogen and oxygen atoms in total. The first-order valence-corrected chi connectivity index (χ1v) is 12.1. The van der Waals surface area contributed by atoms with Crippen molar-refractivity contribution in [1.29, 1.82) is 0 Å². The first kappa shape index (κ1) is 22.0. The van der Waals surface area contributed by atoms with Crippen molar-refractivity contribution in [3.05, 3.63) is 36.2 Å². The molecule has 0 amide bonds. The van der Waals surface area contributed by atoms with Crippen LogP contribution in [-0.2, 0) is 4.74 Å². The number of nitrogens with zero attached hydrogens (tertiary/aromatic N) is 7. The minimum atomic E-state index is -0.475. The Kier molecular flexibility index (Phi) is 5.43. The van der Waals surface area contributed by atoms with Crippen LogP contribution in [0.5, 0.6) is 5.75 Å². The smallest absolute Gasteiger partial charge is 0.223 e. The molecule has 4 aromatic rings. The molecule has 2 atom stereocenters. The van der Waals surface area contributed by atoms with Gasteiger partial charge in [-0.25, -0.2) is 14.4 Å². The van der Waals surface area contributed by atoms with Gasteiger partial charge in [0.1, 0.15) is 0 Å². The Morgan fingerprint density at radius 3 is 2.77 bits per heavy atom. The van der Waals surface area contributed by atoms with Crippen molar-refractivity contribution in [2.24, 2.45) is 0 Å². The van der Waals surface area contributed by atoms with Gasteiger partial charge in [0.05, 0.1) is 30.6 Å². The van der Waals surface area contributed by atoms with Gasteiger partial charge in [0.2, 0.25) is 5.95 Å². The lowest BCUT2D eigenvalue weighted by Gasteiger charge is -2.38. The van der Waals surface area contributed by atoms with E-state index in [-0.39, 0.29) is 17.6 Å². The molecule has 2 aliphatic heterocycles. The average Bonchev–Trinajstić information content (AvgIpc) is 3.54. The van der Waals surface area contributed by atoms with E-state index in [1.54, 1.807) is 0 Å². The SMILES string of the molecule is COc1cc2nc(N)n3nc(C4CCC(C)N(c5cnn(C6CCOCC6)c5)C4)nc3c2cc1F. The van der Waals surface area contributed by atoms with E-state index in [4.69, 9.17) is 25.3 Å². The van der Waals surface area contributed by atoms with Crippen LogP contribution in [0.4, 0.5) is 16.0 Å². The zero-order valence-corrected chi connectivity index (χ0v) is 19.9. The van der Waals surface area contributed by atoms with Gasteiger partial charge in [0.15, 0.2) is 23.0 Å². The normalized spacial score (nSPS) is 21.7. The fourth-order valence-electron chi connectivity index (χ4n) is 5.28. The highest BCUT2D eigenvalue weighted by atomic mass is 19.1. The summed E-state index contributed by atoms with van der Waals surface area (Å²) in [5.41, 5.74) is 8.32. The Morgan fingerprint density at radius 1 is 1.14 bits per heavy atom. The van der Waals surface area contributed by atoms with E-state index in [2.05, 4.69) is 32.8 Å². The van der Waals surface area contributed by atoms with Gasteiger partial charge in [-0.2, -0.15) is 9.61 Å². The van der Waals surface area contributed by atoms with E-state index >= 15 is 0 Å². The van der Waals surface area contributed by atoms with E-state index in [0.29, 0.717) is 34.5 Å². The Bertz CT molecular complexity index is 1380. The number of rotatable bonds is 4. The standard InChI is InChI=1S/C24H29FN8O2/c1-14-3-4-15(12-31(14)17-11-27-32(13-17)16-5-7-35-8-6-16)22-29-23-18-9-19(25)21(34-2)10-20(18)28-24(26)33(23)30-22/h9-11,13-16H,3-8,12H2,1-2H3,(H2,26,28). The molecule has 5 heterocycles. The summed E-state index contributed by atoms with van der Waals surface area (Å²) in [6.07, 6.45) is 8.04.